The third-order valence-electron chi connectivity index (χ3n) is 6.26. The van der Waals surface area contributed by atoms with Crippen LogP contribution in [0.15, 0.2) is 46.8 Å². The molecule has 0 amide bonds. The van der Waals surface area contributed by atoms with Gasteiger partial charge in [-0.3, -0.25) is 9.59 Å². The zero-order valence-electron chi connectivity index (χ0n) is 18.2. The Kier molecular flexibility index (Phi) is 4.89. The van der Waals surface area contributed by atoms with Crippen LogP contribution in [-0.2, 0) is 9.59 Å². The van der Waals surface area contributed by atoms with E-state index >= 15 is 0 Å². The topological polar surface area (TPSA) is 55.4 Å². The second-order valence-corrected chi connectivity index (χ2v) is 10.3. The summed E-state index contributed by atoms with van der Waals surface area (Å²) in [5, 5.41) is 3.54. The average molecular weight is 404 g/mol. The number of carbonyl (C=O) groups excluding carboxylic acids is 2. The minimum atomic E-state index is -0.405. The second kappa shape index (κ2) is 7.16. The summed E-state index contributed by atoms with van der Waals surface area (Å²) in [6, 6.07) is 7.63. The largest absolute Gasteiger partial charge is 0.481 e. The van der Waals surface area contributed by atoms with Crippen LogP contribution in [0.4, 0.5) is 0 Å². The molecule has 0 saturated heterocycles. The van der Waals surface area contributed by atoms with E-state index in [1.807, 2.05) is 24.3 Å². The number of rotatable bonds is 3. The minimum absolute atomic E-state index is 0.106. The van der Waals surface area contributed by atoms with Crippen LogP contribution in [-0.4, -0.2) is 18.2 Å². The number of hydrogen-bond donors (Lipinski definition) is 1. The minimum Gasteiger partial charge on any atom is -0.481 e. The molecule has 1 heterocycles. The molecule has 4 rings (SSSR count). The molecule has 0 bridgehead atoms. The highest BCUT2D eigenvalue weighted by Gasteiger charge is 2.46. The van der Waals surface area contributed by atoms with E-state index in [0.29, 0.717) is 18.6 Å². The van der Waals surface area contributed by atoms with Gasteiger partial charge in [0.15, 0.2) is 11.6 Å². The number of ether oxygens (including phenoxy) is 1. The van der Waals surface area contributed by atoms with E-state index in [9.17, 15) is 9.59 Å². The Bertz CT molecular complexity index is 981. The molecule has 30 heavy (non-hydrogen) atoms. The molecule has 4 heteroatoms. The van der Waals surface area contributed by atoms with Gasteiger partial charge in [0.05, 0.1) is 0 Å². The summed E-state index contributed by atoms with van der Waals surface area (Å²) in [4.78, 5) is 26.7. The standard InChI is InChI=1S/C26H29NO3/c1-6-11-30-21-10-8-7-9-16(21)22-23-17(12-25(2,3)14-19(23)28)27-18-13-26(4,5)15-20(29)24(18)22/h1,7-10,22,27H,11-15H2,2-5H3. The van der Waals surface area contributed by atoms with Gasteiger partial charge in [-0.1, -0.05) is 51.8 Å². The van der Waals surface area contributed by atoms with Crippen LogP contribution < -0.4 is 10.1 Å². The second-order valence-electron chi connectivity index (χ2n) is 10.3. The number of hydrogen-bond acceptors (Lipinski definition) is 4. The highest BCUT2D eigenvalue weighted by atomic mass is 16.5. The molecule has 0 unspecified atom stereocenters. The lowest BCUT2D eigenvalue weighted by molar-refractivity contribution is -0.119. The van der Waals surface area contributed by atoms with Crippen molar-refractivity contribution in [2.45, 2.75) is 59.3 Å². The third kappa shape index (κ3) is 3.58. The fourth-order valence-electron chi connectivity index (χ4n) is 5.17. The molecule has 0 saturated carbocycles. The van der Waals surface area contributed by atoms with E-state index in [2.05, 4.69) is 38.9 Å². The first-order valence-corrected chi connectivity index (χ1v) is 10.6. The summed E-state index contributed by atoms with van der Waals surface area (Å²) in [5.74, 6) is 2.95. The Morgan fingerprint density at radius 2 is 1.50 bits per heavy atom. The smallest absolute Gasteiger partial charge is 0.162 e. The first-order chi connectivity index (χ1) is 14.1. The zero-order valence-corrected chi connectivity index (χ0v) is 18.2. The van der Waals surface area contributed by atoms with Gasteiger partial charge in [-0.2, -0.15) is 0 Å². The Labute approximate surface area is 178 Å². The predicted molar refractivity (Wildman–Crippen MR) is 117 cm³/mol. The summed E-state index contributed by atoms with van der Waals surface area (Å²) < 4.78 is 5.83. The summed E-state index contributed by atoms with van der Waals surface area (Å²) in [7, 11) is 0. The van der Waals surface area contributed by atoms with Crippen LogP contribution in [0.2, 0.25) is 0 Å². The summed E-state index contributed by atoms with van der Waals surface area (Å²) in [5.41, 5.74) is 3.97. The highest BCUT2D eigenvalue weighted by molar-refractivity contribution is 6.07. The molecule has 1 aromatic rings. The molecule has 1 aliphatic heterocycles. The van der Waals surface area contributed by atoms with Gasteiger partial charge in [0, 0.05) is 46.9 Å². The molecule has 0 spiro atoms. The van der Waals surface area contributed by atoms with Gasteiger partial charge in [0.2, 0.25) is 0 Å². The summed E-state index contributed by atoms with van der Waals surface area (Å²) in [6.45, 7) is 8.62. The van der Waals surface area contributed by atoms with Gasteiger partial charge in [-0.25, -0.2) is 0 Å². The fourth-order valence-corrected chi connectivity index (χ4v) is 5.17. The number of ketones is 2. The number of allylic oxidation sites excluding steroid dienone is 4. The molecule has 156 valence electrons. The molecular formula is C26H29NO3. The van der Waals surface area contributed by atoms with Gasteiger partial charge in [-0.05, 0) is 29.7 Å². The van der Waals surface area contributed by atoms with Gasteiger partial charge >= 0.3 is 0 Å². The number of benzene rings is 1. The van der Waals surface area contributed by atoms with E-state index in [-0.39, 0.29) is 29.0 Å². The fraction of sp³-hybridized carbons (Fsp3) is 0.462. The molecule has 4 nitrogen and oxygen atoms in total. The maximum Gasteiger partial charge on any atom is 0.162 e. The lowest BCUT2D eigenvalue weighted by Gasteiger charge is -2.44. The molecule has 1 N–H and O–H groups in total. The average Bonchev–Trinajstić information content (AvgIpc) is 2.63. The van der Waals surface area contributed by atoms with Gasteiger partial charge in [-0.15, -0.1) is 6.42 Å². The van der Waals surface area contributed by atoms with Gasteiger partial charge in [0.25, 0.3) is 0 Å². The van der Waals surface area contributed by atoms with E-state index in [4.69, 9.17) is 11.2 Å². The SMILES string of the molecule is C#CCOc1ccccc1C1C2=C(CC(C)(C)CC2=O)NC2=C1C(=O)CC(C)(C)C2. The van der Waals surface area contributed by atoms with Gasteiger partial charge in [0.1, 0.15) is 12.4 Å². The van der Waals surface area contributed by atoms with Crippen LogP contribution in [0, 0.1) is 23.2 Å². The quantitative estimate of drug-likeness (QED) is 0.745. The number of terminal acetylenes is 1. The van der Waals surface area contributed by atoms with Crippen LogP contribution >= 0.6 is 0 Å². The maximum absolute atomic E-state index is 13.4. The Balaban J connectivity index is 1.92. The van der Waals surface area contributed by atoms with Gasteiger partial charge < -0.3 is 10.1 Å². The van der Waals surface area contributed by atoms with Crippen molar-refractivity contribution in [3.05, 3.63) is 52.4 Å². The zero-order chi connectivity index (χ0) is 21.7. The first kappa shape index (κ1) is 20.5. The van der Waals surface area contributed by atoms with Crippen molar-refractivity contribution < 1.29 is 14.3 Å². The molecule has 0 atom stereocenters. The van der Waals surface area contributed by atoms with E-state index in [0.717, 1.165) is 40.9 Å². The van der Waals surface area contributed by atoms with Crippen LogP contribution in [0.5, 0.6) is 5.75 Å². The molecule has 0 aromatic heterocycles. The Morgan fingerprint density at radius 1 is 0.967 bits per heavy atom. The van der Waals surface area contributed by atoms with Crippen LogP contribution in [0.1, 0.15) is 64.9 Å². The van der Waals surface area contributed by atoms with Crippen molar-refractivity contribution in [3.8, 4) is 18.1 Å². The van der Waals surface area contributed by atoms with E-state index in [1.54, 1.807) is 0 Å². The molecular weight excluding hydrogens is 374 g/mol. The number of Topliss-reactive ketones (excluding diaryl/α,β-unsaturated/α-hetero) is 2. The van der Waals surface area contributed by atoms with Crippen LogP contribution in [0.25, 0.3) is 0 Å². The van der Waals surface area contributed by atoms with Crippen molar-refractivity contribution in [1.82, 2.24) is 5.32 Å². The lowest BCUT2D eigenvalue weighted by Crippen LogP contribution is -2.42. The molecule has 1 aromatic carbocycles. The molecule has 0 radical (unpaired) electrons. The number of dihydropyridines is 1. The molecule has 2 aliphatic carbocycles. The number of para-hydroxylation sites is 1. The van der Waals surface area contributed by atoms with Crippen molar-refractivity contribution in [1.29, 1.82) is 0 Å². The highest BCUT2D eigenvalue weighted by Crippen LogP contribution is 2.52. The molecule has 3 aliphatic rings. The maximum atomic E-state index is 13.4. The van der Waals surface area contributed by atoms with Crippen molar-refractivity contribution in [2.75, 3.05) is 6.61 Å². The predicted octanol–water partition coefficient (Wildman–Crippen LogP) is 4.67. The molecule has 0 fully saturated rings. The first-order valence-electron chi connectivity index (χ1n) is 10.6. The summed E-state index contributed by atoms with van der Waals surface area (Å²) in [6.07, 6.45) is 7.92. The Morgan fingerprint density at radius 3 is 2.03 bits per heavy atom. The number of nitrogens with one attached hydrogen (secondary N) is 1. The Hall–Kier alpha value is -2.80. The van der Waals surface area contributed by atoms with E-state index < -0.39 is 5.92 Å². The van der Waals surface area contributed by atoms with Crippen molar-refractivity contribution >= 4 is 11.6 Å². The van der Waals surface area contributed by atoms with E-state index in [1.165, 1.54) is 0 Å². The third-order valence-corrected chi connectivity index (χ3v) is 6.26. The normalized spacial score (nSPS) is 22.8. The monoisotopic (exact) mass is 403 g/mol. The lowest BCUT2D eigenvalue weighted by atomic mass is 9.64. The van der Waals surface area contributed by atoms with Crippen molar-refractivity contribution in [3.63, 3.8) is 0 Å². The summed E-state index contributed by atoms with van der Waals surface area (Å²) >= 11 is 0. The van der Waals surface area contributed by atoms with Crippen molar-refractivity contribution in [2.24, 2.45) is 10.8 Å². The number of carbonyl (C=O) groups is 2. The van der Waals surface area contributed by atoms with Crippen LogP contribution in [0.3, 0.4) is 0 Å².